The van der Waals surface area contributed by atoms with E-state index in [2.05, 4.69) is 70.4 Å². The van der Waals surface area contributed by atoms with Crippen molar-refractivity contribution in [2.24, 2.45) is 5.92 Å². The molecule has 1 aliphatic rings. The standard InChI is InChI=1S/C21H26INO.ClH/c1-23-14-16(12-19-8-4-5-9-21(19)22)15-24-20-11-10-17-6-2-3-7-18(17)13-20;/h4-5,8-11,13,16,23H,2-3,6-7,12,14-15H2,1H3;1H. The first-order valence-electron chi connectivity index (χ1n) is 8.89. The molecule has 1 atom stereocenters. The Bertz CT molecular complexity index is 677. The zero-order valence-electron chi connectivity index (χ0n) is 14.8. The third-order valence-electron chi connectivity index (χ3n) is 4.76. The maximum absolute atomic E-state index is 6.16. The van der Waals surface area contributed by atoms with Crippen LogP contribution < -0.4 is 10.1 Å². The molecule has 136 valence electrons. The third-order valence-corrected chi connectivity index (χ3v) is 5.82. The number of fused-ring (bicyclic) bond motifs is 1. The van der Waals surface area contributed by atoms with Gasteiger partial charge in [-0.1, -0.05) is 24.3 Å². The molecule has 25 heavy (non-hydrogen) atoms. The fourth-order valence-electron chi connectivity index (χ4n) is 3.47. The largest absolute Gasteiger partial charge is 0.493 e. The molecule has 0 aliphatic heterocycles. The molecule has 0 fully saturated rings. The lowest BCUT2D eigenvalue weighted by atomic mass is 9.92. The summed E-state index contributed by atoms with van der Waals surface area (Å²) < 4.78 is 7.49. The fraction of sp³-hybridized carbons (Fsp3) is 0.429. The highest BCUT2D eigenvalue weighted by Gasteiger charge is 2.14. The molecular formula is C21H27ClINO. The molecule has 0 saturated carbocycles. The minimum absolute atomic E-state index is 0. The third kappa shape index (κ3) is 5.87. The highest BCUT2D eigenvalue weighted by molar-refractivity contribution is 14.1. The zero-order valence-corrected chi connectivity index (χ0v) is 17.7. The number of aryl methyl sites for hydroxylation is 2. The first kappa shape index (κ1) is 20.5. The highest BCUT2D eigenvalue weighted by Crippen LogP contribution is 2.26. The quantitative estimate of drug-likeness (QED) is 0.571. The number of benzene rings is 2. The van der Waals surface area contributed by atoms with Gasteiger partial charge in [0.25, 0.3) is 0 Å². The number of hydrogen-bond acceptors (Lipinski definition) is 2. The molecule has 0 aromatic heterocycles. The minimum atomic E-state index is 0. The Balaban J connectivity index is 0.00000225. The highest BCUT2D eigenvalue weighted by atomic mass is 127. The van der Waals surface area contributed by atoms with E-state index >= 15 is 0 Å². The van der Waals surface area contributed by atoms with E-state index in [9.17, 15) is 0 Å². The molecule has 0 amide bonds. The maximum Gasteiger partial charge on any atom is 0.119 e. The predicted molar refractivity (Wildman–Crippen MR) is 116 cm³/mol. The van der Waals surface area contributed by atoms with Crippen LogP contribution in [0.3, 0.4) is 0 Å². The second-order valence-electron chi connectivity index (χ2n) is 6.67. The van der Waals surface area contributed by atoms with Gasteiger partial charge in [0.15, 0.2) is 0 Å². The van der Waals surface area contributed by atoms with Crippen LogP contribution in [0, 0.1) is 9.49 Å². The van der Waals surface area contributed by atoms with Crippen LogP contribution in [0.2, 0.25) is 0 Å². The van der Waals surface area contributed by atoms with Crippen molar-refractivity contribution in [3.8, 4) is 5.75 Å². The summed E-state index contributed by atoms with van der Waals surface area (Å²) in [4.78, 5) is 0. The first-order chi connectivity index (χ1) is 11.8. The summed E-state index contributed by atoms with van der Waals surface area (Å²) in [6.07, 6.45) is 6.11. The zero-order chi connectivity index (χ0) is 16.8. The van der Waals surface area contributed by atoms with Crippen LogP contribution in [-0.4, -0.2) is 20.2 Å². The number of nitrogens with one attached hydrogen (secondary N) is 1. The average Bonchev–Trinajstić information content (AvgIpc) is 2.61. The van der Waals surface area contributed by atoms with Crippen molar-refractivity contribution in [3.63, 3.8) is 0 Å². The van der Waals surface area contributed by atoms with E-state index in [1.807, 2.05) is 7.05 Å². The first-order valence-corrected chi connectivity index (χ1v) is 9.96. The molecule has 2 aromatic rings. The van der Waals surface area contributed by atoms with E-state index in [1.54, 1.807) is 0 Å². The lowest BCUT2D eigenvalue weighted by Crippen LogP contribution is -2.26. The van der Waals surface area contributed by atoms with Gasteiger partial charge in [0.05, 0.1) is 6.61 Å². The second-order valence-corrected chi connectivity index (χ2v) is 7.83. The van der Waals surface area contributed by atoms with E-state index in [4.69, 9.17) is 4.74 Å². The van der Waals surface area contributed by atoms with Crippen LogP contribution in [0.4, 0.5) is 0 Å². The monoisotopic (exact) mass is 471 g/mol. The van der Waals surface area contributed by atoms with E-state index in [1.165, 1.54) is 45.9 Å². The average molecular weight is 472 g/mol. The molecule has 2 aromatic carbocycles. The number of rotatable bonds is 7. The van der Waals surface area contributed by atoms with Gasteiger partial charge in [0.1, 0.15) is 5.75 Å². The Morgan fingerprint density at radius 2 is 1.84 bits per heavy atom. The molecule has 3 rings (SSSR count). The normalized spacial score (nSPS) is 14.3. The van der Waals surface area contributed by atoms with Crippen LogP contribution in [0.5, 0.6) is 5.75 Å². The van der Waals surface area contributed by atoms with Crippen molar-refractivity contribution in [1.29, 1.82) is 0 Å². The molecule has 0 saturated heterocycles. The summed E-state index contributed by atoms with van der Waals surface area (Å²) in [6.45, 7) is 1.72. The van der Waals surface area contributed by atoms with Crippen LogP contribution in [0.25, 0.3) is 0 Å². The smallest absolute Gasteiger partial charge is 0.119 e. The van der Waals surface area contributed by atoms with Crippen LogP contribution in [-0.2, 0) is 19.3 Å². The maximum atomic E-state index is 6.16. The Morgan fingerprint density at radius 3 is 2.60 bits per heavy atom. The lowest BCUT2D eigenvalue weighted by Gasteiger charge is -2.20. The number of hydrogen-bond donors (Lipinski definition) is 1. The van der Waals surface area contributed by atoms with E-state index in [0.717, 1.165) is 25.3 Å². The van der Waals surface area contributed by atoms with Crippen LogP contribution in [0.15, 0.2) is 42.5 Å². The molecule has 1 unspecified atom stereocenters. The summed E-state index contributed by atoms with van der Waals surface area (Å²) >= 11 is 2.42. The van der Waals surface area contributed by atoms with E-state index in [0.29, 0.717) is 5.92 Å². The van der Waals surface area contributed by atoms with Crippen molar-refractivity contribution >= 4 is 35.0 Å². The molecule has 4 heteroatoms. The predicted octanol–water partition coefficient (Wildman–Crippen LogP) is 5.05. The summed E-state index contributed by atoms with van der Waals surface area (Å²) in [6, 6.07) is 15.3. The van der Waals surface area contributed by atoms with Gasteiger partial charge in [-0.2, -0.15) is 0 Å². The van der Waals surface area contributed by atoms with Gasteiger partial charge < -0.3 is 10.1 Å². The summed E-state index contributed by atoms with van der Waals surface area (Å²) in [7, 11) is 2.02. The van der Waals surface area contributed by atoms with E-state index in [-0.39, 0.29) is 12.4 Å². The van der Waals surface area contributed by atoms with Gasteiger partial charge in [0, 0.05) is 16.0 Å². The Morgan fingerprint density at radius 1 is 1.08 bits per heavy atom. The van der Waals surface area contributed by atoms with Gasteiger partial charge in [-0.15, -0.1) is 12.4 Å². The van der Waals surface area contributed by atoms with Gasteiger partial charge in [-0.25, -0.2) is 0 Å². The fourth-order valence-corrected chi connectivity index (χ4v) is 4.07. The molecule has 0 spiro atoms. The molecule has 0 bridgehead atoms. The topological polar surface area (TPSA) is 21.3 Å². The number of halogens is 2. The van der Waals surface area contributed by atoms with Crippen molar-refractivity contribution < 1.29 is 4.74 Å². The van der Waals surface area contributed by atoms with Gasteiger partial charge >= 0.3 is 0 Å². The minimum Gasteiger partial charge on any atom is -0.493 e. The summed E-state index contributed by atoms with van der Waals surface area (Å²) in [5.74, 6) is 1.50. The Kier molecular flexibility index (Phi) is 8.53. The molecule has 2 nitrogen and oxygen atoms in total. The Labute approximate surface area is 171 Å². The second kappa shape index (κ2) is 10.4. The van der Waals surface area contributed by atoms with E-state index < -0.39 is 0 Å². The lowest BCUT2D eigenvalue weighted by molar-refractivity contribution is 0.245. The Hall–Kier alpha value is -0.780. The van der Waals surface area contributed by atoms with Crippen LogP contribution in [0.1, 0.15) is 29.5 Å². The van der Waals surface area contributed by atoms with Crippen molar-refractivity contribution in [2.45, 2.75) is 32.1 Å². The van der Waals surface area contributed by atoms with Crippen molar-refractivity contribution in [3.05, 3.63) is 62.7 Å². The SMILES string of the molecule is CNCC(COc1ccc2c(c1)CCCC2)Cc1ccccc1I.Cl. The number of ether oxygens (including phenoxy) is 1. The van der Waals surface area contributed by atoms with Gasteiger partial charge in [-0.05, 0) is 96.6 Å². The molecule has 0 radical (unpaired) electrons. The van der Waals surface area contributed by atoms with Crippen molar-refractivity contribution in [1.82, 2.24) is 5.32 Å². The summed E-state index contributed by atoms with van der Waals surface area (Å²) in [5.41, 5.74) is 4.41. The molecule has 1 aliphatic carbocycles. The molecular weight excluding hydrogens is 445 g/mol. The van der Waals surface area contributed by atoms with Gasteiger partial charge in [-0.3, -0.25) is 0 Å². The van der Waals surface area contributed by atoms with Gasteiger partial charge in [0.2, 0.25) is 0 Å². The molecule has 0 heterocycles. The molecule has 1 N–H and O–H groups in total. The van der Waals surface area contributed by atoms with Crippen molar-refractivity contribution in [2.75, 3.05) is 20.2 Å². The summed E-state index contributed by atoms with van der Waals surface area (Å²) in [5, 5.41) is 3.31. The van der Waals surface area contributed by atoms with Crippen LogP contribution >= 0.6 is 35.0 Å².